The van der Waals surface area contributed by atoms with Gasteiger partial charge in [0.2, 0.25) is 11.8 Å². The lowest BCUT2D eigenvalue weighted by molar-refractivity contribution is -0.119. The van der Waals surface area contributed by atoms with Crippen LogP contribution in [0.4, 0.5) is 11.4 Å². The second-order valence-electron chi connectivity index (χ2n) is 6.41. The Morgan fingerprint density at radius 2 is 1.79 bits per heavy atom. The Morgan fingerprint density at radius 1 is 1.14 bits per heavy atom. The van der Waals surface area contributed by atoms with Gasteiger partial charge in [0.1, 0.15) is 10.9 Å². The number of nitrogens with zero attached hydrogens (tertiary/aromatic N) is 2. The Labute approximate surface area is 166 Å². The molecule has 0 aliphatic rings. The van der Waals surface area contributed by atoms with Crippen LogP contribution in [0.5, 0.6) is 0 Å². The van der Waals surface area contributed by atoms with Gasteiger partial charge in [-0.15, -0.1) is 11.3 Å². The number of benzene rings is 1. The molecule has 1 aromatic carbocycles. The van der Waals surface area contributed by atoms with Crippen molar-refractivity contribution in [3.63, 3.8) is 0 Å². The van der Waals surface area contributed by atoms with E-state index >= 15 is 0 Å². The first-order chi connectivity index (χ1) is 13.4. The Bertz CT molecular complexity index is 1070. The van der Waals surface area contributed by atoms with E-state index in [1.165, 1.54) is 29.2 Å². The fourth-order valence-electron chi connectivity index (χ4n) is 2.96. The quantitative estimate of drug-likeness (QED) is 0.664. The monoisotopic (exact) mass is 398 g/mol. The zero-order valence-corrected chi connectivity index (χ0v) is 16.8. The number of hydrogen-bond donors (Lipinski definition) is 2. The lowest BCUT2D eigenvalue weighted by atomic mass is 10.2. The third-order valence-corrected chi connectivity index (χ3v) is 5.56. The lowest BCUT2D eigenvalue weighted by Crippen LogP contribution is -2.33. The summed E-state index contributed by atoms with van der Waals surface area (Å²) in [6, 6.07) is 8.01. The molecule has 28 heavy (non-hydrogen) atoms. The summed E-state index contributed by atoms with van der Waals surface area (Å²) >= 11 is 1.50. The summed E-state index contributed by atoms with van der Waals surface area (Å²) in [5.41, 5.74) is 1.03. The molecule has 2 amide bonds. The average Bonchev–Trinajstić information content (AvgIpc) is 3.10. The predicted molar refractivity (Wildman–Crippen MR) is 112 cm³/mol. The number of aromatic nitrogens is 2. The first-order valence-corrected chi connectivity index (χ1v) is 9.92. The van der Waals surface area contributed by atoms with Gasteiger partial charge in [0.25, 0.3) is 5.56 Å². The third kappa shape index (κ3) is 4.12. The zero-order valence-electron chi connectivity index (χ0n) is 16.0. The third-order valence-electron chi connectivity index (χ3n) is 4.37. The molecule has 0 spiro atoms. The van der Waals surface area contributed by atoms with Crippen LogP contribution < -0.4 is 16.2 Å². The van der Waals surface area contributed by atoms with E-state index in [4.69, 9.17) is 0 Å². The van der Waals surface area contributed by atoms with Crippen LogP contribution in [0.15, 0.2) is 41.5 Å². The molecular weight excluding hydrogens is 376 g/mol. The molecule has 2 N–H and O–H groups in total. The zero-order chi connectivity index (χ0) is 20.3. The number of nitrogens with one attached hydrogen (secondary N) is 2. The van der Waals surface area contributed by atoms with E-state index in [2.05, 4.69) is 15.6 Å². The van der Waals surface area contributed by atoms with Crippen molar-refractivity contribution < 1.29 is 9.59 Å². The van der Waals surface area contributed by atoms with E-state index in [0.717, 1.165) is 11.3 Å². The maximum absolute atomic E-state index is 12.9. The second-order valence-corrected chi connectivity index (χ2v) is 7.53. The summed E-state index contributed by atoms with van der Waals surface area (Å²) in [5, 5.41) is 6.05. The number of aryl methyl sites for hydroxylation is 1. The SMILES string of the molecule is CCc1cc2c(=O)n(C(CC)C(=O)Nc3ccc(NC(C)=O)cc3)cnc2s1. The molecule has 8 heteroatoms. The Kier molecular flexibility index (Phi) is 5.89. The van der Waals surface area contributed by atoms with Gasteiger partial charge in [-0.2, -0.15) is 0 Å². The standard InChI is InChI=1S/C20H22N4O3S/c1-4-15-10-16-19(28-15)21-11-24(20(16)27)17(5-2)18(26)23-14-8-6-13(7-9-14)22-12(3)25/h6-11,17H,4-5H2,1-3H3,(H,22,25)(H,23,26). The number of carbonyl (C=O) groups is 2. The predicted octanol–water partition coefficient (Wildman–Crippen LogP) is 3.57. The van der Waals surface area contributed by atoms with Crippen molar-refractivity contribution in [3.05, 3.63) is 51.9 Å². The van der Waals surface area contributed by atoms with Gasteiger partial charge in [-0.1, -0.05) is 13.8 Å². The summed E-state index contributed by atoms with van der Waals surface area (Å²) in [6.45, 7) is 5.32. The van der Waals surface area contributed by atoms with Gasteiger partial charge < -0.3 is 10.6 Å². The minimum absolute atomic E-state index is 0.162. The van der Waals surface area contributed by atoms with Crippen LogP contribution in [0.3, 0.4) is 0 Å². The van der Waals surface area contributed by atoms with Crippen LogP contribution in [0.25, 0.3) is 10.2 Å². The van der Waals surface area contributed by atoms with Crippen molar-refractivity contribution in [1.82, 2.24) is 9.55 Å². The topological polar surface area (TPSA) is 93.1 Å². The maximum Gasteiger partial charge on any atom is 0.262 e. The number of rotatable bonds is 6. The molecule has 1 unspecified atom stereocenters. The molecule has 0 bridgehead atoms. The molecule has 0 saturated carbocycles. The fraction of sp³-hybridized carbons (Fsp3) is 0.300. The van der Waals surface area contributed by atoms with E-state index in [-0.39, 0.29) is 17.4 Å². The van der Waals surface area contributed by atoms with E-state index in [1.54, 1.807) is 24.3 Å². The van der Waals surface area contributed by atoms with E-state index < -0.39 is 6.04 Å². The molecule has 2 heterocycles. The molecule has 0 saturated heterocycles. The molecule has 2 aromatic heterocycles. The highest BCUT2D eigenvalue weighted by molar-refractivity contribution is 7.18. The van der Waals surface area contributed by atoms with Gasteiger partial charge in [0, 0.05) is 23.2 Å². The first-order valence-electron chi connectivity index (χ1n) is 9.11. The molecule has 146 valence electrons. The molecule has 1 atom stereocenters. The van der Waals surface area contributed by atoms with Crippen molar-refractivity contribution in [3.8, 4) is 0 Å². The van der Waals surface area contributed by atoms with E-state index in [9.17, 15) is 14.4 Å². The van der Waals surface area contributed by atoms with Gasteiger partial charge in [0.05, 0.1) is 11.7 Å². The largest absolute Gasteiger partial charge is 0.326 e. The summed E-state index contributed by atoms with van der Waals surface area (Å²) in [7, 11) is 0. The van der Waals surface area contributed by atoms with Gasteiger partial charge in [-0.3, -0.25) is 19.0 Å². The van der Waals surface area contributed by atoms with Gasteiger partial charge in [0.15, 0.2) is 0 Å². The Balaban J connectivity index is 1.83. The van der Waals surface area contributed by atoms with Crippen LogP contribution >= 0.6 is 11.3 Å². The highest BCUT2D eigenvalue weighted by atomic mass is 32.1. The van der Waals surface area contributed by atoms with Crippen molar-refractivity contribution >= 4 is 44.7 Å². The normalized spacial score (nSPS) is 12.0. The van der Waals surface area contributed by atoms with E-state index in [0.29, 0.717) is 28.0 Å². The number of amides is 2. The molecule has 0 radical (unpaired) electrons. The molecule has 0 fully saturated rings. The number of anilines is 2. The van der Waals surface area contributed by atoms with Gasteiger partial charge in [-0.05, 0) is 43.2 Å². The highest BCUT2D eigenvalue weighted by Gasteiger charge is 2.21. The van der Waals surface area contributed by atoms with Crippen LogP contribution in [0.2, 0.25) is 0 Å². The first kappa shape index (κ1) is 19.8. The lowest BCUT2D eigenvalue weighted by Gasteiger charge is -2.17. The smallest absolute Gasteiger partial charge is 0.262 e. The second kappa shape index (κ2) is 8.35. The molecule has 7 nitrogen and oxygen atoms in total. The van der Waals surface area contributed by atoms with Crippen molar-refractivity contribution in [2.24, 2.45) is 0 Å². The van der Waals surface area contributed by atoms with Gasteiger partial charge in [-0.25, -0.2) is 4.98 Å². The van der Waals surface area contributed by atoms with Gasteiger partial charge >= 0.3 is 0 Å². The molecule has 3 aromatic rings. The van der Waals surface area contributed by atoms with Crippen LogP contribution in [-0.4, -0.2) is 21.4 Å². The molecular formula is C20H22N4O3S. The summed E-state index contributed by atoms with van der Waals surface area (Å²) < 4.78 is 1.40. The van der Waals surface area contributed by atoms with Crippen molar-refractivity contribution in [1.29, 1.82) is 0 Å². The molecule has 0 aliphatic heterocycles. The summed E-state index contributed by atoms with van der Waals surface area (Å²) in [4.78, 5) is 42.9. The number of fused-ring (bicyclic) bond motifs is 1. The molecule has 3 rings (SSSR count). The number of hydrogen-bond acceptors (Lipinski definition) is 5. The minimum atomic E-state index is -0.663. The Morgan fingerprint density at radius 3 is 2.36 bits per heavy atom. The van der Waals surface area contributed by atoms with Crippen LogP contribution in [0.1, 0.15) is 38.1 Å². The molecule has 0 aliphatic carbocycles. The van der Waals surface area contributed by atoms with Crippen molar-refractivity contribution in [2.75, 3.05) is 10.6 Å². The summed E-state index contributed by atoms with van der Waals surface area (Å²) in [5.74, 6) is -0.450. The van der Waals surface area contributed by atoms with Crippen LogP contribution in [-0.2, 0) is 16.0 Å². The highest BCUT2D eigenvalue weighted by Crippen LogP contribution is 2.23. The number of thiophene rings is 1. The summed E-state index contributed by atoms with van der Waals surface area (Å²) in [6.07, 6.45) is 2.74. The average molecular weight is 398 g/mol. The van der Waals surface area contributed by atoms with Crippen molar-refractivity contribution in [2.45, 2.75) is 39.7 Å². The fourth-order valence-corrected chi connectivity index (χ4v) is 3.88. The Hall–Kier alpha value is -3.00. The van der Waals surface area contributed by atoms with Crippen LogP contribution in [0, 0.1) is 0 Å². The van der Waals surface area contributed by atoms with E-state index in [1.807, 2.05) is 19.9 Å². The minimum Gasteiger partial charge on any atom is -0.326 e. The number of carbonyl (C=O) groups excluding carboxylic acids is 2. The maximum atomic E-state index is 12.9.